The number of hydrogen-bond donors (Lipinski definition) is 0. The summed E-state index contributed by atoms with van der Waals surface area (Å²) < 4.78 is 85.5. The van der Waals surface area contributed by atoms with Crippen LogP contribution in [0.2, 0.25) is 0 Å². The monoisotopic (exact) mass is 627 g/mol. The van der Waals surface area contributed by atoms with E-state index in [0.717, 1.165) is 40.8 Å². The Hall–Kier alpha value is -4.72. The number of carbonyl (C=O) groups excluding carboxylic acids is 1. The number of fused-ring (bicyclic) bond motifs is 1. The Balaban J connectivity index is 1.23. The number of aryl methyl sites for hydroxylation is 1. The van der Waals surface area contributed by atoms with Crippen LogP contribution in [0.1, 0.15) is 33.1 Å². The smallest absolute Gasteiger partial charge is 0.335 e. The molecule has 3 aromatic heterocycles. The lowest BCUT2D eigenvalue weighted by Crippen LogP contribution is -2.48. The van der Waals surface area contributed by atoms with Gasteiger partial charge in [0.15, 0.2) is 11.3 Å². The molecular formula is C31H27F6N7O. The molecule has 1 aliphatic rings. The van der Waals surface area contributed by atoms with Crippen molar-refractivity contribution in [1.82, 2.24) is 34.2 Å². The number of para-hydroxylation sites is 1. The summed E-state index contributed by atoms with van der Waals surface area (Å²) in [6.07, 6.45) is -5.94. The fourth-order valence-corrected chi connectivity index (χ4v) is 5.44. The van der Waals surface area contributed by atoms with E-state index in [-0.39, 0.29) is 35.7 Å². The standard InChI is InChI=1S/C31H27F6N7O/c1-19-24(20(2)43(39-19)23-6-4-3-5-7-23)18-41-12-14-42(15-13-41)29(45)26-17-28-38-25(21-8-10-22(32)11-9-21)16-27(44(28)40-26)30(33,34)31(35,36)37/h3-11,16-17H,12-15,18H2,1-2H3. The highest BCUT2D eigenvalue weighted by molar-refractivity contribution is 5.93. The molecule has 1 fully saturated rings. The molecule has 14 heteroatoms. The molecule has 0 bridgehead atoms. The minimum absolute atomic E-state index is 0.114. The van der Waals surface area contributed by atoms with Crippen molar-refractivity contribution in [3.8, 4) is 16.9 Å². The topological polar surface area (TPSA) is 71.6 Å². The van der Waals surface area contributed by atoms with E-state index in [1.54, 1.807) is 0 Å². The third-order valence-corrected chi connectivity index (χ3v) is 7.95. The zero-order valence-corrected chi connectivity index (χ0v) is 24.2. The number of aromatic nitrogens is 5. The van der Waals surface area contributed by atoms with Crippen molar-refractivity contribution in [2.75, 3.05) is 26.2 Å². The quantitative estimate of drug-likeness (QED) is 0.218. The number of amides is 1. The lowest BCUT2D eigenvalue weighted by atomic mass is 10.1. The number of carbonyl (C=O) groups is 1. The van der Waals surface area contributed by atoms with Crippen molar-refractivity contribution < 1.29 is 31.1 Å². The maximum atomic E-state index is 14.7. The maximum Gasteiger partial charge on any atom is 0.459 e. The van der Waals surface area contributed by atoms with Crippen LogP contribution < -0.4 is 0 Å². The van der Waals surface area contributed by atoms with Gasteiger partial charge >= 0.3 is 12.1 Å². The van der Waals surface area contributed by atoms with Gasteiger partial charge in [-0.1, -0.05) is 18.2 Å². The maximum absolute atomic E-state index is 14.7. The Kier molecular flexibility index (Phi) is 7.63. The van der Waals surface area contributed by atoms with E-state index in [2.05, 4.69) is 20.1 Å². The van der Waals surface area contributed by atoms with E-state index >= 15 is 0 Å². The second-order valence-electron chi connectivity index (χ2n) is 10.9. The van der Waals surface area contributed by atoms with E-state index in [9.17, 15) is 31.1 Å². The van der Waals surface area contributed by atoms with E-state index in [0.29, 0.717) is 30.2 Å². The first-order chi connectivity index (χ1) is 21.3. The fourth-order valence-electron chi connectivity index (χ4n) is 5.44. The molecule has 0 N–H and O–H groups in total. The summed E-state index contributed by atoms with van der Waals surface area (Å²) in [4.78, 5) is 21.2. The molecular weight excluding hydrogens is 600 g/mol. The summed E-state index contributed by atoms with van der Waals surface area (Å²) in [5.41, 5.74) is 1.56. The van der Waals surface area contributed by atoms with Gasteiger partial charge in [-0.25, -0.2) is 18.6 Å². The van der Waals surface area contributed by atoms with Crippen LogP contribution in [-0.2, 0) is 12.5 Å². The van der Waals surface area contributed by atoms with Crippen LogP contribution in [0, 0.1) is 19.7 Å². The number of rotatable bonds is 6. The fraction of sp³-hybridized carbons (Fsp3) is 0.290. The molecule has 0 radical (unpaired) electrons. The molecule has 0 aliphatic carbocycles. The van der Waals surface area contributed by atoms with Gasteiger partial charge in [0.25, 0.3) is 5.91 Å². The third-order valence-electron chi connectivity index (χ3n) is 7.95. The van der Waals surface area contributed by atoms with E-state index < -0.39 is 29.5 Å². The predicted molar refractivity (Wildman–Crippen MR) is 153 cm³/mol. The number of alkyl halides is 5. The highest BCUT2D eigenvalue weighted by Crippen LogP contribution is 2.44. The first-order valence-corrected chi connectivity index (χ1v) is 14.1. The van der Waals surface area contributed by atoms with E-state index in [4.69, 9.17) is 0 Å². The van der Waals surface area contributed by atoms with Crippen LogP contribution in [0.25, 0.3) is 22.6 Å². The molecule has 0 atom stereocenters. The first-order valence-electron chi connectivity index (χ1n) is 14.1. The van der Waals surface area contributed by atoms with Crippen LogP contribution in [0.4, 0.5) is 26.3 Å². The van der Waals surface area contributed by atoms with Gasteiger partial charge in [-0.15, -0.1) is 0 Å². The Morgan fingerprint density at radius 2 is 1.53 bits per heavy atom. The Labute approximate surface area is 253 Å². The van der Waals surface area contributed by atoms with Gasteiger partial charge < -0.3 is 4.90 Å². The number of nitrogens with zero attached hydrogens (tertiary/aromatic N) is 7. The molecule has 2 aromatic carbocycles. The molecule has 8 nitrogen and oxygen atoms in total. The molecule has 1 saturated heterocycles. The summed E-state index contributed by atoms with van der Waals surface area (Å²) in [6, 6.07) is 15.9. The van der Waals surface area contributed by atoms with Crippen LogP contribution >= 0.6 is 0 Å². The third kappa shape index (κ3) is 5.65. The zero-order valence-electron chi connectivity index (χ0n) is 24.2. The average molecular weight is 628 g/mol. The van der Waals surface area contributed by atoms with Crippen molar-refractivity contribution in [1.29, 1.82) is 0 Å². The average Bonchev–Trinajstić information content (AvgIpc) is 3.57. The summed E-state index contributed by atoms with van der Waals surface area (Å²) in [5.74, 6) is -6.55. The largest absolute Gasteiger partial charge is 0.459 e. The first kappa shape index (κ1) is 30.3. The molecule has 6 rings (SSSR count). The molecule has 234 valence electrons. The highest BCUT2D eigenvalue weighted by atomic mass is 19.4. The van der Waals surface area contributed by atoms with Gasteiger partial charge in [-0.05, 0) is 56.3 Å². The van der Waals surface area contributed by atoms with Crippen LogP contribution in [0.5, 0.6) is 0 Å². The Morgan fingerprint density at radius 3 is 2.18 bits per heavy atom. The highest BCUT2D eigenvalue weighted by Gasteiger charge is 2.60. The minimum Gasteiger partial charge on any atom is -0.335 e. The van der Waals surface area contributed by atoms with Gasteiger partial charge in [0.05, 0.1) is 17.1 Å². The summed E-state index contributed by atoms with van der Waals surface area (Å²) >= 11 is 0. The van der Waals surface area contributed by atoms with Crippen LogP contribution in [0.3, 0.4) is 0 Å². The zero-order chi connectivity index (χ0) is 32.1. The molecule has 5 aromatic rings. The number of piperazine rings is 1. The number of hydrogen-bond acceptors (Lipinski definition) is 5. The molecule has 0 spiro atoms. The van der Waals surface area contributed by atoms with Crippen molar-refractivity contribution >= 4 is 11.6 Å². The summed E-state index contributed by atoms with van der Waals surface area (Å²) in [6.45, 7) is 6.12. The van der Waals surface area contributed by atoms with Crippen molar-refractivity contribution in [2.24, 2.45) is 0 Å². The SMILES string of the molecule is Cc1nn(-c2ccccc2)c(C)c1CN1CCN(C(=O)c2cc3nc(-c4ccc(F)cc4)cc(C(F)(F)C(F)(F)F)n3n2)CC1. The van der Waals surface area contributed by atoms with E-state index in [1.165, 1.54) is 17.0 Å². The second-order valence-corrected chi connectivity index (χ2v) is 10.9. The van der Waals surface area contributed by atoms with Crippen LogP contribution in [-0.4, -0.2) is 72.4 Å². The lowest BCUT2D eigenvalue weighted by molar-refractivity contribution is -0.291. The van der Waals surface area contributed by atoms with Gasteiger partial charge in [-0.3, -0.25) is 9.69 Å². The lowest BCUT2D eigenvalue weighted by Gasteiger charge is -2.34. The van der Waals surface area contributed by atoms with E-state index in [1.807, 2.05) is 48.9 Å². The van der Waals surface area contributed by atoms with Crippen molar-refractivity contribution in [3.05, 3.63) is 101 Å². The predicted octanol–water partition coefficient (Wildman–Crippen LogP) is 5.95. The molecule has 45 heavy (non-hydrogen) atoms. The molecule has 0 saturated carbocycles. The second kappa shape index (κ2) is 11.3. The number of halogens is 6. The molecule has 4 heterocycles. The Morgan fingerprint density at radius 1 is 0.867 bits per heavy atom. The van der Waals surface area contributed by atoms with Crippen molar-refractivity contribution in [2.45, 2.75) is 32.5 Å². The van der Waals surface area contributed by atoms with Gasteiger partial charge in [0.2, 0.25) is 0 Å². The molecule has 1 aliphatic heterocycles. The summed E-state index contributed by atoms with van der Waals surface area (Å²) in [7, 11) is 0. The number of benzene rings is 2. The van der Waals surface area contributed by atoms with Gasteiger partial charge in [0.1, 0.15) is 11.5 Å². The molecule has 0 unspecified atom stereocenters. The summed E-state index contributed by atoms with van der Waals surface area (Å²) in [5, 5.41) is 8.54. The Bertz CT molecular complexity index is 1860. The van der Waals surface area contributed by atoms with Crippen LogP contribution in [0.15, 0.2) is 66.7 Å². The van der Waals surface area contributed by atoms with Gasteiger partial charge in [-0.2, -0.15) is 32.1 Å². The van der Waals surface area contributed by atoms with Gasteiger partial charge in [0, 0.05) is 55.6 Å². The van der Waals surface area contributed by atoms with Crippen molar-refractivity contribution in [3.63, 3.8) is 0 Å². The minimum atomic E-state index is -5.94. The normalized spacial score (nSPS) is 14.8. The molecule has 1 amide bonds.